The summed E-state index contributed by atoms with van der Waals surface area (Å²) in [6, 6.07) is 8.18. The predicted octanol–water partition coefficient (Wildman–Crippen LogP) is 2.38. The average Bonchev–Trinajstić information content (AvgIpc) is 2.80. The molecule has 2 aliphatic rings. The van der Waals surface area contributed by atoms with Crippen molar-refractivity contribution in [2.24, 2.45) is 5.92 Å². The lowest BCUT2D eigenvalue weighted by Crippen LogP contribution is -2.58. The number of carbonyl (C=O) groups is 1. The molecule has 0 aromatic heterocycles. The van der Waals surface area contributed by atoms with Crippen molar-refractivity contribution in [3.05, 3.63) is 29.8 Å². The minimum Gasteiger partial charge on any atom is -0.358 e. The third-order valence-electron chi connectivity index (χ3n) is 3.86. The molecule has 1 amide bonds. The first-order valence-electron chi connectivity index (χ1n) is 6.38. The van der Waals surface area contributed by atoms with E-state index in [2.05, 4.69) is 5.32 Å². The third kappa shape index (κ3) is 1.81. The molecule has 3 rings (SSSR count). The summed E-state index contributed by atoms with van der Waals surface area (Å²) >= 11 is 5.34. The highest BCUT2D eigenvalue weighted by Crippen LogP contribution is 2.32. The second-order valence-corrected chi connectivity index (χ2v) is 5.49. The number of benzene rings is 1. The average molecular weight is 260 g/mol. The molecule has 18 heavy (non-hydrogen) atoms. The van der Waals surface area contributed by atoms with E-state index in [-0.39, 0.29) is 17.9 Å². The van der Waals surface area contributed by atoms with Crippen LogP contribution in [0.5, 0.6) is 0 Å². The fourth-order valence-corrected chi connectivity index (χ4v) is 3.20. The second kappa shape index (κ2) is 4.35. The van der Waals surface area contributed by atoms with Crippen LogP contribution < -0.4 is 10.2 Å². The van der Waals surface area contributed by atoms with Gasteiger partial charge in [-0.05, 0) is 44.1 Å². The lowest BCUT2D eigenvalue weighted by molar-refractivity contribution is -0.122. The van der Waals surface area contributed by atoms with Crippen molar-refractivity contribution >= 4 is 28.9 Å². The first-order chi connectivity index (χ1) is 8.66. The maximum atomic E-state index is 12.5. The van der Waals surface area contributed by atoms with Crippen molar-refractivity contribution in [1.29, 1.82) is 0 Å². The van der Waals surface area contributed by atoms with Gasteiger partial charge in [-0.2, -0.15) is 0 Å². The molecule has 1 saturated carbocycles. The Kier molecular flexibility index (Phi) is 2.82. The number of hydrogen-bond donors (Lipinski definition) is 1. The molecular formula is C14H16N2OS. The number of anilines is 1. The monoisotopic (exact) mass is 260 g/mol. The summed E-state index contributed by atoms with van der Waals surface area (Å²) in [5.74, 6) is 0.253. The SMILES string of the molecule is Cc1ccc(N2C(=O)C3CCCC3NC2=S)cc1. The summed E-state index contributed by atoms with van der Waals surface area (Å²) in [6.07, 6.45) is 3.14. The number of rotatable bonds is 1. The molecule has 2 unspecified atom stereocenters. The van der Waals surface area contributed by atoms with E-state index in [9.17, 15) is 4.79 Å². The van der Waals surface area contributed by atoms with Gasteiger partial charge in [-0.25, -0.2) is 0 Å². The number of fused-ring (bicyclic) bond motifs is 1. The van der Waals surface area contributed by atoms with Gasteiger partial charge in [0.2, 0.25) is 5.91 Å². The second-order valence-electron chi connectivity index (χ2n) is 5.10. The Bertz CT molecular complexity index is 497. The molecule has 94 valence electrons. The molecular weight excluding hydrogens is 244 g/mol. The molecule has 1 aromatic rings. The summed E-state index contributed by atoms with van der Waals surface area (Å²) in [4.78, 5) is 14.2. The zero-order valence-corrected chi connectivity index (χ0v) is 11.2. The summed E-state index contributed by atoms with van der Waals surface area (Å²) < 4.78 is 0. The van der Waals surface area contributed by atoms with Crippen LogP contribution in [0.15, 0.2) is 24.3 Å². The Morgan fingerprint density at radius 1 is 1.28 bits per heavy atom. The normalized spacial score (nSPS) is 27.1. The molecule has 2 atom stereocenters. The molecule has 4 heteroatoms. The standard InChI is InChI=1S/C14H16N2OS/c1-9-5-7-10(8-6-9)16-13(17)11-3-2-4-12(11)15-14(16)18/h5-8,11-12H,2-4H2,1H3,(H,15,18). The fraction of sp³-hybridized carbons (Fsp3) is 0.429. The minimum absolute atomic E-state index is 0.0954. The molecule has 0 bridgehead atoms. The molecule has 0 spiro atoms. The van der Waals surface area contributed by atoms with Crippen LogP contribution >= 0.6 is 12.2 Å². The van der Waals surface area contributed by atoms with Crippen LogP contribution in [-0.2, 0) is 4.79 Å². The molecule has 2 fully saturated rings. The topological polar surface area (TPSA) is 32.3 Å². The van der Waals surface area contributed by atoms with Crippen molar-refractivity contribution < 1.29 is 4.79 Å². The number of nitrogens with one attached hydrogen (secondary N) is 1. The van der Waals surface area contributed by atoms with E-state index in [4.69, 9.17) is 12.2 Å². The van der Waals surface area contributed by atoms with E-state index in [0.717, 1.165) is 24.9 Å². The van der Waals surface area contributed by atoms with Gasteiger partial charge in [0.15, 0.2) is 5.11 Å². The van der Waals surface area contributed by atoms with Crippen LogP contribution in [0, 0.1) is 12.8 Å². The quantitative estimate of drug-likeness (QED) is 0.787. The number of thiocarbonyl (C=S) groups is 1. The summed E-state index contributed by atoms with van der Waals surface area (Å²) in [5, 5.41) is 3.86. The van der Waals surface area contributed by atoms with E-state index in [1.807, 2.05) is 31.2 Å². The number of nitrogens with zero attached hydrogens (tertiary/aromatic N) is 1. The highest BCUT2D eigenvalue weighted by atomic mass is 32.1. The van der Waals surface area contributed by atoms with Crippen LogP contribution in [0.2, 0.25) is 0 Å². The van der Waals surface area contributed by atoms with Gasteiger partial charge in [0.1, 0.15) is 0 Å². The Morgan fingerprint density at radius 3 is 2.72 bits per heavy atom. The van der Waals surface area contributed by atoms with Crippen LogP contribution in [0.1, 0.15) is 24.8 Å². The van der Waals surface area contributed by atoms with Gasteiger partial charge in [-0.3, -0.25) is 9.69 Å². The molecule has 1 heterocycles. The number of hydrogen-bond acceptors (Lipinski definition) is 2. The minimum atomic E-state index is 0.0954. The van der Waals surface area contributed by atoms with E-state index < -0.39 is 0 Å². The van der Waals surface area contributed by atoms with Gasteiger partial charge in [-0.1, -0.05) is 24.1 Å². The van der Waals surface area contributed by atoms with Crippen LogP contribution in [-0.4, -0.2) is 17.1 Å². The van der Waals surface area contributed by atoms with Gasteiger partial charge in [-0.15, -0.1) is 0 Å². The van der Waals surface area contributed by atoms with Crippen molar-refractivity contribution in [3.63, 3.8) is 0 Å². The predicted molar refractivity (Wildman–Crippen MR) is 75.5 cm³/mol. The Morgan fingerprint density at radius 2 is 2.00 bits per heavy atom. The van der Waals surface area contributed by atoms with E-state index >= 15 is 0 Å². The van der Waals surface area contributed by atoms with Crippen LogP contribution in [0.3, 0.4) is 0 Å². The maximum absolute atomic E-state index is 12.5. The molecule has 1 aromatic carbocycles. The zero-order valence-electron chi connectivity index (χ0n) is 10.3. The van der Waals surface area contributed by atoms with E-state index in [0.29, 0.717) is 5.11 Å². The Balaban J connectivity index is 1.93. The summed E-state index contributed by atoms with van der Waals surface area (Å²) in [6.45, 7) is 2.03. The van der Waals surface area contributed by atoms with Gasteiger partial charge >= 0.3 is 0 Å². The first kappa shape index (κ1) is 11.7. The van der Waals surface area contributed by atoms with Crippen LogP contribution in [0.4, 0.5) is 5.69 Å². The highest BCUT2D eigenvalue weighted by Gasteiger charge is 2.42. The molecule has 0 radical (unpaired) electrons. The van der Waals surface area contributed by atoms with Crippen molar-refractivity contribution in [3.8, 4) is 0 Å². The van der Waals surface area contributed by atoms with Crippen molar-refractivity contribution in [2.75, 3.05) is 4.90 Å². The van der Waals surface area contributed by atoms with E-state index in [1.54, 1.807) is 4.90 Å². The van der Waals surface area contributed by atoms with Crippen LogP contribution in [0.25, 0.3) is 0 Å². The number of carbonyl (C=O) groups excluding carboxylic acids is 1. The largest absolute Gasteiger partial charge is 0.358 e. The maximum Gasteiger partial charge on any atom is 0.238 e. The van der Waals surface area contributed by atoms with Gasteiger partial charge in [0.25, 0.3) is 0 Å². The number of amides is 1. The summed E-state index contributed by atoms with van der Waals surface area (Å²) in [7, 11) is 0. The molecule has 1 N–H and O–H groups in total. The zero-order chi connectivity index (χ0) is 12.7. The molecule has 1 aliphatic carbocycles. The lowest BCUT2D eigenvalue weighted by Gasteiger charge is -2.36. The summed E-state index contributed by atoms with van der Waals surface area (Å²) in [5.41, 5.74) is 2.05. The van der Waals surface area contributed by atoms with Crippen molar-refractivity contribution in [2.45, 2.75) is 32.2 Å². The smallest absolute Gasteiger partial charge is 0.238 e. The fourth-order valence-electron chi connectivity index (χ4n) is 2.86. The highest BCUT2D eigenvalue weighted by molar-refractivity contribution is 7.80. The molecule has 1 saturated heterocycles. The van der Waals surface area contributed by atoms with Gasteiger partial charge in [0.05, 0.1) is 11.6 Å². The number of aryl methyl sites for hydroxylation is 1. The van der Waals surface area contributed by atoms with Gasteiger partial charge in [0, 0.05) is 6.04 Å². The Labute approximate surface area is 112 Å². The molecule has 3 nitrogen and oxygen atoms in total. The third-order valence-corrected chi connectivity index (χ3v) is 4.16. The lowest BCUT2D eigenvalue weighted by atomic mass is 9.99. The Hall–Kier alpha value is -1.42. The van der Waals surface area contributed by atoms with Crippen molar-refractivity contribution in [1.82, 2.24) is 5.32 Å². The first-order valence-corrected chi connectivity index (χ1v) is 6.79. The van der Waals surface area contributed by atoms with E-state index in [1.165, 1.54) is 5.56 Å². The van der Waals surface area contributed by atoms with Gasteiger partial charge < -0.3 is 5.32 Å². The molecule has 1 aliphatic heterocycles.